The number of esters is 1. The summed E-state index contributed by atoms with van der Waals surface area (Å²) in [6.07, 6.45) is 1.99. The van der Waals surface area contributed by atoms with Crippen LogP contribution in [0.1, 0.15) is 27.7 Å². The van der Waals surface area contributed by atoms with Crippen LogP contribution in [0.4, 0.5) is 0 Å². The van der Waals surface area contributed by atoms with Crippen molar-refractivity contribution in [1.29, 1.82) is 0 Å². The van der Waals surface area contributed by atoms with Gasteiger partial charge in [0.05, 0.1) is 5.92 Å². The minimum Gasteiger partial charge on any atom is -0.460 e. The lowest BCUT2D eigenvalue weighted by molar-refractivity contribution is -0.158. The average Bonchev–Trinajstić information content (AvgIpc) is 1.84. The first-order chi connectivity index (χ1) is 5.37. The van der Waals surface area contributed by atoms with E-state index >= 15 is 0 Å². The molecule has 0 N–H and O–H groups in total. The molecule has 0 heterocycles. The fourth-order valence-corrected chi connectivity index (χ4v) is 1.36. The van der Waals surface area contributed by atoms with Crippen LogP contribution in [0.2, 0.25) is 0 Å². The smallest absolute Gasteiger partial charge is 0.310 e. The highest BCUT2D eigenvalue weighted by molar-refractivity contribution is 7.98. The lowest BCUT2D eigenvalue weighted by atomic mass is 10.1. The number of rotatable bonds is 3. The van der Waals surface area contributed by atoms with Crippen molar-refractivity contribution in [3.63, 3.8) is 0 Å². The van der Waals surface area contributed by atoms with Crippen LogP contribution < -0.4 is 0 Å². The average molecular weight is 190 g/mol. The Hall–Kier alpha value is -0.180. The minimum absolute atomic E-state index is 0.000718. The van der Waals surface area contributed by atoms with Crippen LogP contribution >= 0.6 is 11.8 Å². The number of hydrogen-bond donors (Lipinski definition) is 0. The Kier molecular flexibility index (Phi) is 4.68. The van der Waals surface area contributed by atoms with E-state index in [1.54, 1.807) is 11.8 Å². The van der Waals surface area contributed by atoms with E-state index in [1.807, 2.05) is 34.0 Å². The number of hydrogen-bond acceptors (Lipinski definition) is 3. The van der Waals surface area contributed by atoms with Gasteiger partial charge in [-0.1, -0.05) is 6.92 Å². The highest BCUT2D eigenvalue weighted by atomic mass is 32.2. The van der Waals surface area contributed by atoms with Gasteiger partial charge in [-0.2, -0.15) is 11.8 Å². The number of carbonyl (C=O) groups is 1. The standard InChI is InChI=1S/C9H18O2S/c1-7(6-12-5)8(10)11-9(2,3)4/h7H,6H2,1-5H3/t7-/m0/s1. The Labute approximate surface area is 79.1 Å². The van der Waals surface area contributed by atoms with Gasteiger partial charge in [-0.05, 0) is 27.0 Å². The summed E-state index contributed by atoms with van der Waals surface area (Å²) in [4.78, 5) is 11.3. The Morgan fingerprint density at radius 3 is 2.33 bits per heavy atom. The molecule has 0 aliphatic heterocycles. The molecule has 72 valence electrons. The van der Waals surface area contributed by atoms with Crippen molar-refractivity contribution in [2.75, 3.05) is 12.0 Å². The van der Waals surface area contributed by atoms with E-state index < -0.39 is 0 Å². The SMILES string of the molecule is CSC[C@H](C)C(=O)OC(C)(C)C. The normalized spacial score (nSPS) is 14.1. The van der Waals surface area contributed by atoms with Crippen molar-refractivity contribution in [3.05, 3.63) is 0 Å². The van der Waals surface area contributed by atoms with E-state index in [4.69, 9.17) is 4.74 Å². The van der Waals surface area contributed by atoms with Gasteiger partial charge in [0.2, 0.25) is 0 Å². The van der Waals surface area contributed by atoms with Gasteiger partial charge in [0.15, 0.2) is 0 Å². The van der Waals surface area contributed by atoms with Crippen molar-refractivity contribution >= 4 is 17.7 Å². The Balaban J connectivity index is 3.87. The number of carbonyl (C=O) groups excluding carboxylic acids is 1. The Bertz CT molecular complexity index is 149. The van der Waals surface area contributed by atoms with E-state index in [1.165, 1.54) is 0 Å². The topological polar surface area (TPSA) is 26.3 Å². The van der Waals surface area contributed by atoms with Crippen LogP contribution in [0, 0.1) is 5.92 Å². The van der Waals surface area contributed by atoms with Gasteiger partial charge in [-0.25, -0.2) is 0 Å². The van der Waals surface area contributed by atoms with Gasteiger partial charge in [-0.15, -0.1) is 0 Å². The van der Waals surface area contributed by atoms with E-state index in [0.29, 0.717) is 0 Å². The number of ether oxygens (including phenoxy) is 1. The molecule has 0 bridgehead atoms. The van der Waals surface area contributed by atoms with Crippen molar-refractivity contribution < 1.29 is 9.53 Å². The highest BCUT2D eigenvalue weighted by Crippen LogP contribution is 2.13. The predicted octanol–water partition coefficient (Wildman–Crippen LogP) is 2.33. The molecule has 0 saturated carbocycles. The Morgan fingerprint density at radius 2 is 2.00 bits per heavy atom. The monoisotopic (exact) mass is 190 g/mol. The molecule has 0 saturated heterocycles. The summed E-state index contributed by atoms with van der Waals surface area (Å²) in [6, 6.07) is 0. The second-order valence-corrected chi connectivity index (χ2v) is 4.80. The van der Waals surface area contributed by atoms with Gasteiger partial charge in [0.1, 0.15) is 5.60 Å². The van der Waals surface area contributed by atoms with Crippen molar-refractivity contribution in [1.82, 2.24) is 0 Å². The molecule has 0 aromatic rings. The van der Waals surface area contributed by atoms with Crippen LogP contribution in [0.5, 0.6) is 0 Å². The molecule has 0 aliphatic carbocycles. The second-order valence-electron chi connectivity index (χ2n) is 3.89. The maximum absolute atomic E-state index is 11.3. The summed E-state index contributed by atoms with van der Waals surface area (Å²) in [5.41, 5.74) is -0.357. The van der Waals surface area contributed by atoms with Gasteiger partial charge in [0, 0.05) is 5.75 Å². The molecule has 3 heteroatoms. The molecule has 0 aliphatic rings. The Morgan fingerprint density at radius 1 is 1.50 bits per heavy atom. The first kappa shape index (κ1) is 11.8. The van der Waals surface area contributed by atoms with Crippen molar-refractivity contribution in [2.24, 2.45) is 5.92 Å². The predicted molar refractivity (Wildman–Crippen MR) is 53.4 cm³/mol. The van der Waals surface area contributed by atoms with Crippen LogP contribution in [0.25, 0.3) is 0 Å². The molecule has 0 unspecified atom stereocenters. The highest BCUT2D eigenvalue weighted by Gasteiger charge is 2.20. The number of thioether (sulfide) groups is 1. The molecule has 12 heavy (non-hydrogen) atoms. The fourth-order valence-electron chi connectivity index (χ4n) is 0.720. The van der Waals surface area contributed by atoms with Crippen LogP contribution in [-0.4, -0.2) is 23.6 Å². The maximum Gasteiger partial charge on any atom is 0.310 e. The summed E-state index contributed by atoms with van der Waals surface area (Å²) >= 11 is 1.66. The second kappa shape index (κ2) is 4.75. The molecule has 0 aromatic carbocycles. The first-order valence-electron chi connectivity index (χ1n) is 4.08. The summed E-state index contributed by atoms with van der Waals surface area (Å²) in [6.45, 7) is 7.55. The van der Waals surface area contributed by atoms with E-state index in [2.05, 4.69) is 0 Å². The third kappa shape index (κ3) is 5.47. The zero-order valence-electron chi connectivity index (χ0n) is 8.51. The van der Waals surface area contributed by atoms with Crippen molar-refractivity contribution in [2.45, 2.75) is 33.3 Å². The van der Waals surface area contributed by atoms with Crippen molar-refractivity contribution in [3.8, 4) is 0 Å². The third-order valence-electron chi connectivity index (χ3n) is 1.23. The first-order valence-corrected chi connectivity index (χ1v) is 5.48. The molecule has 0 fully saturated rings. The summed E-state index contributed by atoms with van der Waals surface area (Å²) < 4.78 is 5.20. The molecule has 1 atom stereocenters. The van der Waals surface area contributed by atoms with Gasteiger partial charge in [0.25, 0.3) is 0 Å². The zero-order chi connectivity index (χ0) is 9.78. The molecular formula is C9H18O2S. The lowest BCUT2D eigenvalue weighted by Gasteiger charge is -2.21. The molecule has 0 aromatic heterocycles. The van der Waals surface area contributed by atoms with Crippen LogP contribution in [0.15, 0.2) is 0 Å². The van der Waals surface area contributed by atoms with Crippen LogP contribution in [0.3, 0.4) is 0 Å². The summed E-state index contributed by atoms with van der Waals surface area (Å²) in [7, 11) is 0. The minimum atomic E-state index is -0.357. The molecule has 0 amide bonds. The van der Waals surface area contributed by atoms with Crippen LogP contribution in [-0.2, 0) is 9.53 Å². The van der Waals surface area contributed by atoms with E-state index in [-0.39, 0.29) is 17.5 Å². The van der Waals surface area contributed by atoms with Gasteiger partial charge >= 0.3 is 5.97 Å². The molecule has 0 radical (unpaired) electrons. The molecule has 0 spiro atoms. The maximum atomic E-state index is 11.3. The van der Waals surface area contributed by atoms with Gasteiger partial charge < -0.3 is 4.74 Å². The van der Waals surface area contributed by atoms with E-state index in [0.717, 1.165) is 5.75 Å². The summed E-state index contributed by atoms with van der Waals surface area (Å²) in [5, 5.41) is 0. The molecular weight excluding hydrogens is 172 g/mol. The summed E-state index contributed by atoms with van der Waals surface area (Å²) in [5.74, 6) is 0.727. The lowest BCUT2D eigenvalue weighted by Crippen LogP contribution is -2.28. The molecule has 2 nitrogen and oxygen atoms in total. The van der Waals surface area contributed by atoms with E-state index in [9.17, 15) is 4.79 Å². The largest absolute Gasteiger partial charge is 0.460 e. The van der Waals surface area contributed by atoms with Gasteiger partial charge in [-0.3, -0.25) is 4.79 Å². The quantitative estimate of drug-likeness (QED) is 0.639. The molecule has 0 rings (SSSR count). The fraction of sp³-hybridized carbons (Fsp3) is 0.889. The zero-order valence-corrected chi connectivity index (χ0v) is 9.33. The third-order valence-corrected chi connectivity index (χ3v) is 2.06.